The summed E-state index contributed by atoms with van der Waals surface area (Å²) in [6.45, 7) is 2.97. The highest BCUT2D eigenvalue weighted by Gasteiger charge is 2.34. The molecule has 0 unspecified atom stereocenters. The minimum atomic E-state index is 0.112. The first kappa shape index (κ1) is 13.9. The Kier molecular flexibility index (Phi) is 4.43. The third-order valence-corrected chi connectivity index (χ3v) is 4.47. The molecule has 0 bridgehead atoms. The third kappa shape index (κ3) is 3.07. The van der Waals surface area contributed by atoms with Gasteiger partial charge in [-0.15, -0.1) is 11.3 Å². The van der Waals surface area contributed by atoms with Crippen LogP contribution in [-0.2, 0) is 0 Å². The van der Waals surface area contributed by atoms with Crippen molar-refractivity contribution in [1.29, 1.82) is 5.26 Å². The molecule has 2 rings (SSSR count). The molecule has 102 valence electrons. The van der Waals surface area contributed by atoms with Gasteiger partial charge in [0.1, 0.15) is 16.6 Å². The highest BCUT2D eigenvalue weighted by Crippen LogP contribution is 2.41. The van der Waals surface area contributed by atoms with Crippen molar-refractivity contribution >= 4 is 27.8 Å². The summed E-state index contributed by atoms with van der Waals surface area (Å²) in [5.41, 5.74) is 6.74. The Labute approximate surface area is 117 Å². The van der Waals surface area contributed by atoms with Crippen molar-refractivity contribution in [3.05, 3.63) is 10.4 Å². The van der Waals surface area contributed by atoms with Gasteiger partial charge in [-0.3, -0.25) is 4.79 Å². The number of hydrogen-bond acceptors (Lipinski definition) is 5. The van der Waals surface area contributed by atoms with Crippen LogP contribution in [0.2, 0.25) is 0 Å². The summed E-state index contributed by atoms with van der Waals surface area (Å²) in [4.78, 5) is 12.6. The number of Topliss-reactive ketones (excluding diaryl/α,β-unsaturated/α-hetero) is 1. The monoisotopic (exact) mass is 277 g/mol. The maximum Gasteiger partial charge on any atom is 0.178 e. The van der Waals surface area contributed by atoms with Gasteiger partial charge in [0.05, 0.1) is 10.6 Å². The number of ketones is 1. The molecule has 0 spiro atoms. The molecule has 0 atom stereocenters. The highest BCUT2D eigenvalue weighted by molar-refractivity contribution is 7.19. The van der Waals surface area contributed by atoms with Gasteiger partial charge in [-0.05, 0) is 19.3 Å². The third-order valence-electron chi connectivity index (χ3n) is 3.29. The van der Waals surface area contributed by atoms with E-state index in [0.29, 0.717) is 16.1 Å². The number of nitriles is 1. The van der Waals surface area contributed by atoms with Crippen molar-refractivity contribution in [1.82, 2.24) is 0 Å². The molecule has 0 saturated heterocycles. The van der Waals surface area contributed by atoms with Gasteiger partial charge in [0, 0.05) is 12.5 Å². The minimum absolute atomic E-state index is 0.112. The van der Waals surface area contributed by atoms with Gasteiger partial charge in [0.2, 0.25) is 0 Å². The molecular weight excluding hydrogens is 258 g/mol. The van der Waals surface area contributed by atoms with Crippen molar-refractivity contribution in [2.45, 2.75) is 39.0 Å². The molecule has 1 aromatic rings. The predicted octanol–water partition coefficient (Wildman–Crippen LogP) is 3.40. The number of thiophene rings is 1. The maximum atomic E-state index is 12.1. The second kappa shape index (κ2) is 6.07. The van der Waals surface area contributed by atoms with Crippen LogP contribution in [0.1, 0.15) is 54.3 Å². The van der Waals surface area contributed by atoms with Crippen LogP contribution in [0.15, 0.2) is 0 Å². The average molecular weight is 277 g/mol. The quantitative estimate of drug-likeness (QED) is 0.591. The summed E-state index contributed by atoms with van der Waals surface area (Å²) in [5, 5.41) is 13.2. The van der Waals surface area contributed by atoms with Gasteiger partial charge in [-0.1, -0.05) is 19.8 Å². The largest absolute Gasteiger partial charge is 0.396 e. The molecule has 1 heterocycles. The fourth-order valence-corrected chi connectivity index (χ4v) is 3.09. The van der Waals surface area contributed by atoms with Crippen LogP contribution in [0.3, 0.4) is 0 Å². The van der Waals surface area contributed by atoms with E-state index in [1.807, 2.05) is 0 Å². The lowest BCUT2D eigenvalue weighted by Crippen LogP contribution is -2.02. The first-order valence-electron chi connectivity index (χ1n) is 6.79. The van der Waals surface area contributed by atoms with E-state index in [1.165, 1.54) is 11.3 Å². The highest BCUT2D eigenvalue weighted by atomic mass is 32.1. The number of nitrogen functional groups attached to an aromatic ring is 1. The van der Waals surface area contributed by atoms with Crippen LogP contribution in [0.4, 0.5) is 10.7 Å². The van der Waals surface area contributed by atoms with Gasteiger partial charge < -0.3 is 11.1 Å². The lowest BCUT2D eigenvalue weighted by Gasteiger charge is -2.02. The first-order valence-corrected chi connectivity index (χ1v) is 7.61. The zero-order valence-electron chi connectivity index (χ0n) is 11.2. The van der Waals surface area contributed by atoms with Crippen LogP contribution in [0.25, 0.3) is 0 Å². The Morgan fingerprint density at radius 1 is 1.53 bits per heavy atom. The summed E-state index contributed by atoms with van der Waals surface area (Å²) < 4.78 is 0. The van der Waals surface area contributed by atoms with Crippen molar-refractivity contribution in [2.24, 2.45) is 5.92 Å². The number of nitrogens with zero attached hydrogens (tertiary/aromatic N) is 1. The zero-order valence-corrected chi connectivity index (χ0v) is 12.0. The molecule has 0 amide bonds. The summed E-state index contributed by atoms with van der Waals surface area (Å²) in [7, 11) is 0. The van der Waals surface area contributed by atoms with E-state index in [-0.39, 0.29) is 11.7 Å². The van der Waals surface area contributed by atoms with Gasteiger partial charge in [-0.25, -0.2) is 0 Å². The summed E-state index contributed by atoms with van der Waals surface area (Å²) >= 11 is 1.34. The van der Waals surface area contributed by atoms with Crippen molar-refractivity contribution in [3.63, 3.8) is 0 Å². The molecule has 5 heteroatoms. The number of carbonyl (C=O) groups is 1. The normalized spacial score (nSPS) is 14.1. The van der Waals surface area contributed by atoms with E-state index >= 15 is 0 Å². The van der Waals surface area contributed by atoms with Crippen LogP contribution < -0.4 is 11.1 Å². The van der Waals surface area contributed by atoms with Gasteiger partial charge in [-0.2, -0.15) is 5.26 Å². The smallest absolute Gasteiger partial charge is 0.178 e. The van der Waals surface area contributed by atoms with E-state index in [4.69, 9.17) is 5.73 Å². The molecular formula is C14H19N3OS. The molecule has 0 aromatic carbocycles. The fraction of sp³-hybridized carbons (Fsp3) is 0.571. The Hall–Kier alpha value is -1.54. The number of hydrogen-bond donors (Lipinski definition) is 2. The molecule has 1 aliphatic carbocycles. The lowest BCUT2D eigenvalue weighted by atomic mass is 10.1. The van der Waals surface area contributed by atoms with E-state index in [0.717, 1.165) is 43.6 Å². The Balaban J connectivity index is 2.11. The summed E-state index contributed by atoms with van der Waals surface area (Å²) in [6.07, 6.45) is 5.29. The zero-order chi connectivity index (χ0) is 13.8. The molecule has 1 saturated carbocycles. The molecule has 4 nitrogen and oxygen atoms in total. The van der Waals surface area contributed by atoms with E-state index in [2.05, 4.69) is 18.3 Å². The lowest BCUT2D eigenvalue weighted by molar-refractivity contribution is 0.0972. The summed E-state index contributed by atoms with van der Waals surface area (Å²) in [6, 6.07) is 2.11. The van der Waals surface area contributed by atoms with Gasteiger partial charge in [0.15, 0.2) is 5.78 Å². The van der Waals surface area contributed by atoms with Gasteiger partial charge >= 0.3 is 0 Å². The number of unbranched alkanes of at least 4 members (excludes halogenated alkanes) is 2. The molecule has 19 heavy (non-hydrogen) atoms. The number of rotatable bonds is 7. The van der Waals surface area contributed by atoms with Crippen molar-refractivity contribution in [3.8, 4) is 6.07 Å². The molecule has 1 aliphatic rings. The first-order chi connectivity index (χ1) is 9.19. The second-order valence-corrected chi connectivity index (χ2v) is 5.95. The van der Waals surface area contributed by atoms with Crippen LogP contribution in [-0.4, -0.2) is 12.3 Å². The number of carbonyl (C=O) groups excluding carboxylic acids is 1. The topological polar surface area (TPSA) is 78.9 Å². The predicted molar refractivity (Wildman–Crippen MR) is 78.5 cm³/mol. The minimum Gasteiger partial charge on any atom is -0.396 e. The number of nitrogens with two attached hydrogens (primary N) is 1. The molecule has 0 radical (unpaired) electrons. The van der Waals surface area contributed by atoms with Crippen molar-refractivity contribution in [2.75, 3.05) is 17.6 Å². The van der Waals surface area contributed by atoms with Crippen LogP contribution in [0, 0.1) is 17.2 Å². The molecule has 0 aliphatic heterocycles. The number of nitrogens with one attached hydrogen (secondary N) is 1. The molecule has 1 fully saturated rings. The fourth-order valence-electron chi connectivity index (χ4n) is 1.97. The SMILES string of the molecule is CCCCCNc1sc(C(=O)C2CC2)c(N)c1C#N. The standard InChI is InChI=1S/C14H19N3OS/c1-2-3-4-7-17-14-10(8-15)11(16)13(19-14)12(18)9-5-6-9/h9,17H,2-7,16H2,1H3. The second-order valence-electron chi connectivity index (χ2n) is 4.93. The van der Waals surface area contributed by atoms with Crippen molar-refractivity contribution < 1.29 is 4.79 Å². The van der Waals surface area contributed by atoms with Crippen LogP contribution in [0.5, 0.6) is 0 Å². The van der Waals surface area contributed by atoms with Gasteiger partial charge in [0.25, 0.3) is 0 Å². The number of anilines is 2. The summed E-state index contributed by atoms with van der Waals surface area (Å²) in [5.74, 6) is 0.251. The molecule has 3 N–H and O–H groups in total. The van der Waals surface area contributed by atoms with E-state index in [1.54, 1.807) is 0 Å². The van der Waals surface area contributed by atoms with E-state index in [9.17, 15) is 10.1 Å². The Morgan fingerprint density at radius 3 is 2.84 bits per heavy atom. The molecule has 1 aromatic heterocycles. The van der Waals surface area contributed by atoms with Crippen LogP contribution >= 0.6 is 11.3 Å². The van der Waals surface area contributed by atoms with E-state index < -0.39 is 0 Å². The maximum absolute atomic E-state index is 12.1. The Morgan fingerprint density at radius 2 is 2.26 bits per heavy atom. The average Bonchev–Trinajstić information content (AvgIpc) is 3.19. The Bertz CT molecular complexity index is 511.